The number of hydrogen-bond donors (Lipinski definition) is 2. The van der Waals surface area contributed by atoms with Gasteiger partial charge in [0.15, 0.2) is 16.1 Å². The lowest BCUT2D eigenvalue weighted by Gasteiger charge is -2.28. The summed E-state index contributed by atoms with van der Waals surface area (Å²) in [4.78, 5) is 26.5. The van der Waals surface area contributed by atoms with Crippen LogP contribution in [0, 0.1) is 6.92 Å². The number of rotatable bonds is 12. The maximum atomic E-state index is 9.68. The van der Waals surface area contributed by atoms with E-state index < -0.39 is 0 Å². The number of piperidine rings is 1. The summed E-state index contributed by atoms with van der Waals surface area (Å²) in [6, 6.07) is 2.02. The molecule has 3 aromatic heterocycles. The molecule has 0 aliphatic carbocycles. The zero-order chi connectivity index (χ0) is 25.3. The van der Waals surface area contributed by atoms with E-state index in [2.05, 4.69) is 44.0 Å². The van der Waals surface area contributed by atoms with Gasteiger partial charge in [-0.05, 0) is 38.7 Å². The summed E-state index contributed by atoms with van der Waals surface area (Å²) in [5.41, 5.74) is 2.81. The van der Waals surface area contributed by atoms with Crippen molar-refractivity contribution in [3.05, 3.63) is 36.0 Å². The predicted molar refractivity (Wildman–Crippen MR) is 148 cm³/mol. The van der Waals surface area contributed by atoms with Gasteiger partial charge in [-0.1, -0.05) is 56.2 Å². The van der Waals surface area contributed by atoms with E-state index in [-0.39, 0.29) is 6.10 Å². The van der Waals surface area contributed by atoms with E-state index in [0.717, 1.165) is 71.1 Å². The standard InChI is InChI=1S/C26H37N7OS2/c1-4-6-7-8-21(5-2)35-26-30-18(3)13-22(31-26)23-15-29-25(36-23)32-24-16-27-19(14-28-24)17-33-11-9-20(34)10-12-33/h13-16,20-21,34H,4-12,17H2,1-3H3,(H,28,29,32). The average Bonchev–Trinajstić information content (AvgIpc) is 3.34. The first-order valence-corrected chi connectivity index (χ1v) is 14.7. The van der Waals surface area contributed by atoms with Gasteiger partial charge in [0.2, 0.25) is 0 Å². The minimum Gasteiger partial charge on any atom is -0.393 e. The Bertz CT molecular complexity index is 1080. The van der Waals surface area contributed by atoms with Gasteiger partial charge < -0.3 is 10.4 Å². The number of thiazole rings is 1. The van der Waals surface area contributed by atoms with Gasteiger partial charge in [-0.3, -0.25) is 9.88 Å². The quantitative estimate of drug-likeness (QED) is 0.171. The Balaban J connectivity index is 1.36. The molecule has 10 heteroatoms. The molecule has 1 unspecified atom stereocenters. The summed E-state index contributed by atoms with van der Waals surface area (Å²) in [5, 5.41) is 15.1. The van der Waals surface area contributed by atoms with Crippen molar-refractivity contribution in [3.63, 3.8) is 0 Å². The fraction of sp³-hybridized carbons (Fsp3) is 0.577. The molecule has 1 atom stereocenters. The van der Waals surface area contributed by atoms with Crippen LogP contribution in [-0.2, 0) is 6.54 Å². The number of likely N-dealkylation sites (tertiary alicyclic amines) is 1. The number of aliphatic hydroxyl groups is 1. The Morgan fingerprint density at radius 3 is 2.67 bits per heavy atom. The number of aliphatic hydroxyl groups excluding tert-OH is 1. The molecule has 0 spiro atoms. The normalized spacial score (nSPS) is 15.8. The third-order valence-corrected chi connectivity index (χ3v) is 8.56. The molecular formula is C26H37N7OS2. The molecule has 1 saturated heterocycles. The first-order chi connectivity index (χ1) is 17.5. The second-order valence-electron chi connectivity index (χ2n) is 9.38. The molecular weight excluding hydrogens is 490 g/mol. The van der Waals surface area contributed by atoms with Crippen LogP contribution < -0.4 is 5.32 Å². The number of hydrogen-bond acceptors (Lipinski definition) is 10. The van der Waals surface area contributed by atoms with E-state index in [9.17, 15) is 5.11 Å². The van der Waals surface area contributed by atoms with Crippen LogP contribution in [0.1, 0.15) is 70.2 Å². The van der Waals surface area contributed by atoms with E-state index >= 15 is 0 Å². The van der Waals surface area contributed by atoms with Crippen molar-refractivity contribution in [2.24, 2.45) is 0 Å². The van der Waals surface area contributed by atoms with Gasteiger partial charge in [0.05, 0.1) is 34.8 Å². The zero-order valence-electron chi connectivity index (χ0n) is 21.5. The largest absolute Gasteiger partial charge is 0.393 e. The number of aryl methyl sites for hydroxylation is 1. The lowest BCUT2D eigenvalue weighted by atomic mass is 10.1. The van der Waals surface area contributed by atoms with Crippen LogP contribution in [0.15, 0.2) is 29.8 Å². The monoisotopic (exact) mass is 527 g/mol. The van der Waals surface area contributed by atoms with Gasteiger partial charge in [0, 0.05) is 36.8 Å². The van der Waals surface area contributed by atoms with Crippen molar-refractivity contribution in [2.45, 2.75) is 88.8 Å². The van der Waals surface area contributed by atoms with Gasteiger partial charge in [-0.2, -0.15) is 0 Å². The molecule has 4 rings (SSSR count). The number of anilines is 2. The number of aromatic nitrogens is 5. The van der Waals surface area contributed by atoms with Crippen molar-refractivity contribution >= 4 is 34.0 Å². The van der Waals surface area contributed by atoms with Crippen molar-refractivity contribution in [3.8, 4) is 10.6 Å². The van der Waals surface area contributed by atoms with E-state index in [4.69, 9.17) is 4.98 Å². The highest BCUT2D eigenvalue weighted by Crippen LogP contribution is 2.32. The first-order valence-electron chi connectivity index (χ1n) is 13.0. The summed E-state index contributed by atoms with van der Waals surface area (Å²) >= 11 is 3.35. The molecule has 0 bridgehead atoms. The maximum absolute atomic E-state index is 9.68. The van der Waals surface area contributed by atoms with Gasteiger partial charge in [0.1, 0.15) is 0 Å². The lowest BCUT2D eigenvalue weighted by molar-refractivity contribution is 0.0786. The van der Waals surface area contributed by atoms with Crippen molar-refractivity contribution in [1.29, 1.82) is 0 Å². The molecule has 0 radical (unpaired) electrons. The van der Waals surface area contributed by atoms with Crippen molar-refractivity contribution < 1.29 is 5.11 Å². The van der Waals surface area contributed by atoms with Crippen LogP contribution in [0.5, 0.6) is 0 Å². The highest BCUT2D eigenvalue weighted by molar-refractivity contribution is 7.99. The smallest absolute Gasteiger partial charge is 0.188 e. The third kappa shape index (κ3) is 7.93. The highest BCUT2D eigenvalue weighted by atomic mass is 32.2. The van der Waals surface area contributed by atoms with E-state index in [1.54, 1.807) is 29.3 Å². The van der Waals surface area contributed by atoms with Crippen LogP contribution >= 0.6 is 23.1 Å². The van der Waals surface area contributed by atoms with Gasteiger partial charge >= 0.3 is 0 Å². The van der Waals surface area contributed by atoms with Gasteiger partial charge in [-0.15, -0.1) is 0 Å². The number of nitrogens with one attached hydrogen (secondary N) is 1. The Labute approximate surface area is 222 Å². The van der Waals surface area contributed by atoms with Gasteiger partial charge in [-0.25, -0.2) is 19.9 Å². The molecule has 0 aromatic carbocycles. The third-order valence-electron chi connectivity index (χ3n) is 6.33. The Morgan fingerprint density at radius 1 is 1.11 bits per heavy atom. The maximum Gasteiger partial charge on any atom is 0.188 e. The van der Waals surface area contributed by atoms with Crippen molar-refractivity contribution in [1.82, 2.24) is 29.8 Å². The summed E-state index contributed by atoms with van der Waals surface area (Å²) in [6.45, 7) is 9.06. The number of thioether (sulfide) groups is 1. The molecule has 3 aromatic rings. The average molecular weight is 528 g/mol. The summed E-state index contributed by atoms with van der Waals surface area (Å²) in [7, 11) is 0. The fourth-order valence-corrected chi connectivity index (χ4v) is 6.09. The van der Waals surface area contributed by atoms with Crippen LogP contribution in [0.3, 0.4) is 0 Å². The number of unbranched alkanes of at least 4 members (excludes halogenated alkanes) is 2. The van der Waals surface area contributed by atoms with Gasteiger partial charge in [0.25, 0.3) is 0 Å². The summed E-state index contributed by atoms with van der Waals surface area (Å²) < 4.78 is 0. The Morgan fingerprint density at radius 2 is 1.94 bits per heavy atom. The molecule has 194 valence electrons. The molecule has 1 fully saturated rings. The molecule has 36 heavy (non-hydrogen) atoms. The van der Waals surface area contributed by atoms with E-state index in [1.807, 2.05) is 25.4 Å². The summed E-state index contributed by atoms with van der Waals surface area (Å²) in [6.07, 6.45) is 13.0. The zero-order valence-corrected chi connectivity index (χ0v) is 23.1. The SMILES string of the molecule is CCCCCC(CC)Sc1nc(C)cc(-c2cnc(Nc3cnc(CN4CCC(O)CC4)cn3)s2)n1. The molecule has 4 heterocycles. The predicted octanol–water partition coefficient (Wildman–Crippen LogP) is 5.85. The molecule has 0 saturated carbocycles. The molecule has 1 aliphatic heterocycles. The summed E-state index contributed by atoms with van der Waals surface area (Å²) in [5.74, 6) is 0.668. The second kappa shape index (κ2) is 13.4. The molecule has 8 nitrogen and oxygen atoms in total. The van der Waals surface area contributed by atoms with E-state index in [0.29, 0.717) is 11.1 Å². The second-order valence-corrected chi connectivity index (χ2v) is 11.7. The highest BCUT2D eigenvalue weighted by Gasteiger charge is 2.18. The Hall–Kier alpha value is -2.14. The minimum absolute atomic E-state index is 0.164. The fourth-order valence-electron chi connectivity index (χ4n) is 4.21. The minimum atomic E-state index is -0.164. The van der Waals surface area contributed by atoms with Crippen molar-refractivity contribution in [2.75, 3.05) is 18.4 Å². The van der Waals surface area contributed by atoms with Crippen LogP contribution in [0.25, 0.3) is 10.6 Å². The molecule has 1 aliphatic rings. The van der Waals surface area contributed by atoms with Crippen LogP contribution in [-0.4, -0.2) is 59.4 Å². The van der Waals surface area contributed by atoms with E-state index in [1.165, 1.54) is 25.7 Å². The van der Waals surface area contributed by atoms with Crippen LogP contribution in [0.4, 0.5) is 10.9 Å². The topological polar surface area (TPSA) is 100.0 Å². The molecule has 2 N–H and O–H groups in total. The lowest BCUT2D eigenvalue weighted by Crippen LogP contribution is -2.35. The Kier molecular flexibility index (Phi) is 10.0. The van der Waals surface area contributed by atoms with Crippen LogP contribution in [0.2, 0.25) is 0 Å². The molecule has 0 amide bonds. The number of nitrogens with zero attached hydrogens (tertiary/aromatic N) is 6. The first kappa shape index (κ1) is 26.9.